The number of fused-ring (bicyclic) bond motifs is 1. The van der Waals surface area contributed by atoms with E-state index in [1.54, 1.807) is 0 Å². The Kier molecular flexibility index (Phi) is 4.03. The maximum atomic E-state index is 5.99. The van der Waals surface area contributed by atoms with E-state index in [0.29, 0.717) is 0 Å². The van der Waals surface area contributed by atoms with Crippen LogP contribution >= 0.6 is 0 Å². The van der Waals surface area contributed by atoms with Crippen LogP contribution in [0.2, 0.25) is 0 Å². The van der Waals surface area contributed by atoms with E-state index in [-0.39, 0.29) is 11.1 Å². The fraction of sp³-hybridized carbons (Fsp3) is 0.647. The van der Waals surface area contributed by atoms with Crippen LogP contribution in [-0.2, 0) is 17.7 Å². The van der Waals surface area contributed by atoms with Crippen LogP contribution in [0.3, 0.4) is 0 Å². The minimum atomic E-state index is -0.0645. The average Bonchev–Trinajstić information content (AvgIpc) is 2.35. The van der Waals surface area contributed by atoms with Crippen molar-refractivity contribution in [2.45, 2.75) is 58.7 Å². The molecule has 1 heterocycles. The predicted molar refractivity (Wildman–Crippen MR) is 80.3 cm³/mol. The van der Waals surface area contributed by atoms with E-state index in [2.05, 4.69) is 63.8 Å². The molecule has 0 saturated carbocycles. The molecule has 0 radical (unpaired) electrons. The summed E-state index contributed by atoms with van der Waals surface area (Å²) in [6.07, 6.45) is 1.15. The van der Waals surface area contributed by atoms with Crippen LogP contribution < -0.4 is 0 Å². The Balaban J connectivity index is 2.03. The Hall–Kier alpha value is -0.860. The second-order valence-electron chi connectivity index (χ2n) is 7.15. The van der Waals surface area contributed by atoms with Gasteiger partial charge in [-0.25, -0.2) is 0 Å². The van der Waals surface area contributed by atoms with Crippen molar-refractivity contribution in [3.8, 4) is 0 Å². The van der Waals surface area contributed by atoms with Crippen molar-refractivity contribution < 1.29 is 4.74 Å². The van der Waals surface area contributed by atoms with Gasteiger partial charge in [-0.2, -0.15) is 0 Å². The molecule has 2 nitrogen and oxygen atoms in total. The zero-order chi connectivity index (χ0) is 14.1. The topological polar surface area (TPSA) is 12.5 Å². The molecule has 1 aliphatic heterocycles. The summed E-state index contributed by atoms with van der Waals surface area (Å²) in [7, 11) is 0. The van der Waals surface area contributed by atoms with Crippen molar-refractivity contribution in [1.82, 2.24) is 4.90 Å². The van der Waals surface area contributed by atoms with E-state index in [4.69, 9.17) is 4.74 Å². The normalized spacial score (nSPS) is 17.3. The molecule has 0 bridgehead atoms. The van der Waals surface area contributed by atoms with Crippen LogP contribution in [0.15, 0.2) is 24.3 Å². The Bertz CT molecular complexity index is 431. The maximum absolute atomic E-state index is 5.99. The lowest BCUT2D eigenvalue weighted by molar-refractivity contribution is -0.0652. The van der Waals surface area contributed by atoms with Gasteiger partial charge in [0, 0.05) is 18.6 Å². The van der Waals surface area contributed by atoms with E-state index in [9.17, 15) is 0 Å². The summed E-state index contributed by atoms with van der Waals surface area (Å²) >= 11 is 0. The van der Waals surface area contributed by atoms with Gasteiger partial charge in [-0.3, -0.25) is 4.90 Å². The molecule has 0 saturated heterocycles. The van der Waals surface area contributed by atoms with Crippen LogP contribution in [0.1, 0.15) is 45.7 Å². The number of rotatable bonds is 3. The molecule has 0 amide bonds. The number of nitrogens with zero attached hydrogens (tertiary/aromatic N) is 1. The van der Waals surface area contributed by atoms with Crippen LogP contribution in [0.25, 0.3) is 0 Å². The number of benzene rings is 1. The molecule has 106 valence electrons. The van der Waals surface area contributed by atoms with Gasteiger partial charge in [-0.1, -0.05) is 24.3 Å². The molecule has 0 unspecified atom stereocenters. The third-order valence-corrected chi connectivity index (χ3v) is 3.85. The van der Waals surface area contributed by atoms with Gasteiger partial charge in [0.05, 0.1) is 12.2 Å². The van der Waals surface area contributed by atoms with Crippen molar-refractivity contribution >= 4 is 0 Å². The van der Waals surface area contributed by atoms with Gasteiger partial charge in [0.15, 0.2) is 0 Å². The standard InChI is InChI=1S/C17H27NO/c1-16(2,3)19-13-17(4,5)18-11-10-14-8-6-7-9-15(14)12-18/h6-9H,10-13H2,1-5H3. The minimum absolute atomic E-state index is 0.0645. The van der Waals surface area contributed by atoms with Crippen molar-refractivity contribution in [3.63, 3.8) is 0 Å². The molecule has 2 rings (SSSR count). The van der Waals surface area contributed by atoms with E-state index < -0.39 is 0 Å². The molecule has 1 aromatic carbocycles. The second kappa shape index (κ2) is 5.26. The highest BCUT2D eigenvalue weighted by atomic mass is 16.5. The first-order valence-corrected chi connectivity index (χ1v) is 7.24. The fourth-order valence-electron chi connectivity index (χ4n) is 2.50. The van der Waals surface area contributed by atoms with Crippen molar-refractivity contribution in [2.75, 3.05) is 13.2 Å². The molecule has 1 aromatic rings. The van der Waals surface area contributed by atoms with Gasteiger partial charge in [-0.05, 0) is 52.2 Å². The Labute approximate surface area is 117 Å². The van der Waals surface area contributed by atoms with Gasteiger partial charge in [0.2, 0.25) is 0 Å². The Morgan fingerprint density at radius 1 is 1.05 bits per heavy atom. The summed E-state index contributed by atoms with van der Waals surface area (Å²) in [5.41, 5.74) is 3.00. The van der Waals surface area contributed by atoms with Crippen molar-refractivity contribution in [3.05, 3.63) is 35.4 Å². The van der Waals surface area contributed by atoms with Crippen LogP contribution in [0, 0.1) is 0 Å². The smallest absolute Gasteiger partial charge is 0.0652 e. The lowest BCUT2D eigenvalue weighted by atomic mass is 9.94. The fourth-order valence-corrected chi connectivity index (χ4v) is 2.50. The summed E-state index contributed by atoms with van der Waals surface area (Å²) in [6, 6.07) is 8.79. The largest absolute Gasteiger partial charge is 0.374 e. The lowest BCUT2D eigenvalue weighted by Crippen LogP contribution is -2.50. The highest BCUT2D eigenvalue weighted by Crippen LogP contribution is 2.26. The van der Waals surface area contributed by atoms with Gasteiger partial charge in [0.25, 0.3) is 0 Å². The van der Waals surface area contributed by atoms with Crippen molar-refractivity contribution in [2.24, 2.45) is 0 Å². The Morgan fingerprint density at radius 2 is 1.68 bits per heavy atom. The molecule has 0 atom stereocenters. The molecule has 0 aliphatic carbocycles. The van der Waals surface area contributed by atoms with E-state index >= 15 is 0 Å². The minimum Gasteiger partial charge on any atom is -0.374 e. The zero-order valence-electron chi connectivity index (χ0n) is 13.0. The second-order valence-corrected chi connectivity index (χ2v) is 7.15. The molecular formula is C17H27NO. The highest BCUT2D eigenvalue weighted by Gasteiger charge is 2.31. The summed E-state index contributed by atoms with van der Waals surface area (Å²) in [4.78, 5) is 2.54. The van der Waals surface area contributed by atoms with E-state index in [1.165, 1.54) is 11.1 Å². The molecular weight excluding hydrogens is 234 g/mol. The molecule has 0 N–H and O–H groups in total. The maximum Gasteiger partial charge on any atom is 0.0652 e. The van der Waals surface area contributed by atoms with E-state index in [0.717, 1.165) is 26.1 Å². The molecule has 0 fully saturated rings. The average molecular weight is 261 g/mol. The quantitative estimate of drug-likeness (QED) is 0.823. The van der Waals surface area contributed by atoms with Crippen LogP contribution in [0.4, 0.5) is 0 Å². The lowest BCUT2D eigenvalue weighted by Gasteiger charge is -2.42. The summed E-state index contributed by atoms with van der Waals surface area (Å²) in [5.74, 6) is 0. The zero-order valence-corrected chi connectivity index (χ0v) is 13.0. The third-order valence-electron chi connectivity index (χ3n) is 3.85. The van der Waals surface area contributed by atoms with Gasteiger partial charge in [0.1, 0.15) is 0 Å². The Morgan fingerprint density at radius 3 is 2.32 bits per heavy atom. The molecule has 1 aliphatic rings. The molecule has 2 heteroatoms. The van der Waals surface area contributed by atoms with Gasteiger partial charge in [-0.15, -0.1) is 0 Å². The first kappa shape index (κ1) is 14.5. The van der Waals surface area contributed by atoms with Gasteiger partial charge < -0.3 is 4.74 Å². The first-order valence-electron chi connectivity index (χ1n) is 7.24. The number of ether oxygens (including phenoxy) is 1. The highest BCUT2D eigenvalue weighted by molar-refractivity contribution is 5.29. The molecule has 0 spiro atoms. The molecule has 19 heavy (non-hydrogen) atoms. The molecule has 0 aromatic heterocycles. The monoisotopic (exact) mass is 261 g/mol. The van der Waals surface area contributed by atoms with Crippen LogP contribution in [-0.4, -0.2) is 29.2 Å². The summed E-state index contributed by atoms with van der Waals surface area (Å²) < 4.78 is 5.99. The number of hydrogen-bond acceptors (Lipinski definition) is 2. The SMILES string of the molecule is CC(C)(C)OCC(C)(C)N1CCc2ccccc2C1. The van der Waals surface area contributed by atoms with Crippen LogP contribution in [0.5, 0.6) is 0 Å². The first-order chi connectivity index (χ1) is 8.78. The summed E-state index contributed by atoms with van der Waals surface area (Å²) in [5, 5.41) is 0. The number of hydrogen-bond donors (Lipinski definition) is 0. The predicted octanol–water partition coefficient (Wildman–Crippen LogP) is 3.64. The third kappa shape index (κ3) is 3.80. The van der Waals surface area contributed by atoms with E-state index in [1.807, 2.05) is 0 Å². The summed E-state index contributed by atoms with van der Waals surface area (Å²) in [6.45, 7) is 13.9. The van der Waals surface area contributed by atoms with Gasteiger partial charge >= 0.3 is 0 Å². The van der Waals surface area contributed by atoms with Crippen molar-refractivity contribution in [1.29, 1.82) is 0 Å².